The van der Waals surface area contributed by atoms with Crippen molar-refractivity contribution in [2.45, 2.75) is 0 Å². The molecule has 1 aliphatic rings. The summed E-state index contributed by atoms with van der Waals surface area (Å²) < 4.78 is 32.2. The predicted molar refractivity (Wildman–Crippen MR) is 132 cm³/mol. The van der Waals surface area contributed by atoms with E-state index in [4.69, 9.17) is 10.5 Å². The Morgan fingerprint density at radius 1 is 0.579 bits per heavy atom. The SMILES string of the molecule is N#Cc1ccc(Nc2c(F)c3c(c(F)c2Nc2ccc(C#N)cc2)C(=O)c2c(O)ccc(O)c2C3=O)cc1. The van der Waals surface area contributed by atoms with E-state index in [9.17, 15) is 19.8 Å². The minimum absolute atomic E-state index is 0.237. The third-order valence-corrected chi connectivity index (χ3v) is 6.01. The Bertz CT molecular complexity index is 1620. The molecule has 0 spiro atoms. The van der Waals surface area contributed by atoms with Gasteiger partial charge in [-0.2, -0.15) is 10.5 Å². The fourth-order valence-corrected chi connectivity index (χ4v) is 4.19. The zero-order valence-corrected chi connectivity index (χ0v) is 19.1. The van der Waals surface area contributed by atoms with E-state index in [1.807, 2.05) is 12.1 Å². The second-order valence-corrected chi connectivity index (χ2v) is 8.27. The van der Waals surface area contributed by atoms with Crippen molar-refractivity contribution in [2.75, 3.05) is 10.6 Å². The van der Waals surface area contributed by atoms with Crippen LogP contribution in [-0.2, 0) is 0 Å². The molecular formula is C28H14F2N4O4. The molecule has 38 heavy (non-hydrogen) atoms. The summed E-state index contributed by atoms with van der Waals surface area (Å²) in [6.45, 7) is 0. The number of carbonyl (C=O) groups excluding carboxylic acids is 2. The van der Waals surface area contributed by atoms with Gasteiger partial charge in [-0.3, -0.25) is 9.59 Å². The van der Waals surface area contributed by atoms with Crippen LogP contribution < -0.4 is 10.6 Å². The summed E-state index contributed by atoms with van der Waals surface area (Å²) >= 11 is 0. The number of hydrogen-bond acceptors (Lipinski definition) is 8. The van der Waals surface area contributed by atoms with E-state index in [0.29, 0.717) is 11.1 Å². The van der Waals surface area contributed by atoms with Gasteiger partial charge in [-0.05, 0) is 60.7 Å². The van der Waals surface area contributed by atoms with Gasteiger partial charge >= 0.3 is 0 Å². The number of nitriles is 2. The predicted octanol–water partition coefficient (Wildman–Crippen LogP) is 5.38. The minimum atomic E-state index is -1.28. The second-order valence-electron chi connectivity index (χ2n) is 8.27. The fraction of sp³-hybridized carbons (Fsp3) is 0. The third kappa shape index (κ3) is 3.74. The molecule has 0 bridgehead atoms. The number of ketones is 2. The maximum Gasteiger partial charge on any atom is 0.201 e. The zero-order valence-electron chi connectivity index (χ0n) is 19.1. The van der Waals surface area contributed by atoms with E-state index in [1.54, 1.807) is 0 Å². The molecular weight excluding hydrogens is 494 g/mol. The van der Waals surface area contributed by atoms with Crippen molar-refractivity contribution in [1.82, 2.24) is 0 Å². The topological polar surface area (TPSA) is 146 Å². The lowest BCUT2D eigenvalue weighted by Crippen LogP contribution is -2.26. The number of phenols is 2. The van der Waals surface area contributed by atoms with Gasteiger partial charge in [0, 0.05) is 11.4 Å². The first-order chi connectivity index (χ1) is 18.2. The quantitative estimate of drug-likeness (QED) is 0.237. The highest BCUT2D eigenvalue weighted by molar-refractivity contribution is 6.31. The number of carbonyl (C=O) groups is 2. The molecule has 0 atom stereocenters. The van der Waals surface area contributed by atoms with Crippen molar-refractivity contribution in [3.8, 4) is 23.6 Å². The smallest absolute Gasteiger partial charge is 0.201 e. The first-order valence-corrected chi connectivity index (χ1v) is 11.0. The van der Waals surface area contributed by atoms with Gasteiger partial charge < -0.3 is 20.8 Å². The number of halogens is 2. The molecule has 0 fully saturated rings. The molecule has 0 amide bonds. The van der Waals surface area contributed by atoms with Crippen LogP contribution in [0, 0.1) is 34.3 Å². The Balaban J connectivity index is 1.75. The molecule has 0 heterocycles. The van der Waals surface area contributed by atoms with Gasteiger partial charge in [-0.25, -0.2) is 8.78 Å². The monoisotopic (exact) mass is 508 g/mol. The largest absolute Gasteiger partial charge is 0.507 e. The van der Waals surface area contributed by atoms with Gasteiger partial charge in [-0.1, -0.05) is 0 Å². The molecule has 1 aliphatic carbocycles. The zero-order chi connectivity index (χ0) is 27.1. The van der Waals surface area contributed by atoms with Crippen LogP contribution in [0.5, 0.6) is 11.5 Å². The van der Waals surface area contributed by atoms with Crippen LogP contribution in [0.15, 0.2) is 60.7 Å². The number of aromatic hydroxyl groups is 2. The maximum absolute atomic E-state index is 16.1. The van der Waals surface area contributed by atoms with Crippen LogP contribution in [0.3, 0.4) is 0 Å². The number of benzene rings is 4. The number of phenolic OH excluding ortho intramolecular Hbond substituents is 2. The van der Waals surface area contributed by atoms with E-state index in [1.165, 1.54) is 48.5 Å². The summed E-state index contributed by atoms with van der Waals surface area (Å²) in [6, 6.07) is 17.3. The van der Waals surface area contributed by atoms with E-state index in [-0.39, 0.29) is 11.4 Å². The van der Waals surface area contributed by atoms with E-state index >= 15 is 8.78 Å². The second kappa shape index (κ2) is 9.04. The van der Waals surface area contributed by atoms with Crippen LogP contribution in [0.4, 0.5) is 31.5 Å². The molecule has 0 unspecified atom stereocenters. The number of anilines is 4. The molecule has 4 aromatic carbocycles. The Labute approximate surface area is 213 Å². The van der Waals surface area contributed by atoms with Crippen molar-refractivity contribution < 1.29 is 28.6 Å². The number of rotatable bonds is 4. The molecule has 8 nitrogen and oxygen atoms in total. The van der Waals surface area contributed by atoms with Gasteiger partial charge in [0.25, 0.3) is 0 Å². The van der Waals surface area contributed by atoms with Crippen LogP contribution >= 0.6 is 0 Å². The normalized spacial score (nSPS) is 11.7. The molecule has 10 heteroatoms. The van der Waals surface area contributed by atoms with Gasteiger partial charge in [-0.15, -0.1) is 0 Å². The number of hydrogen-bond donors (Lipinski definition) is 4. The Morgan fingerprint density at radius 2 is 0.921 bits per heavy atom. The highest BCUT2D eigenvalue weighted by Crippen LogP contribution is 2.45. The van der Waals surface area contributed by atoms with Crippen molar-refractivity contribution in [3.05, 3.63) is 106 Å². The first kappa shape index (κ1) is 24.0. The Kier molecular flexibility index (Phi) is 5.71. The lowest BCUT2D eigenvalue weighted by molar-refractivity contribution is 0.0967. The van der Waals surface area contributed by atoms with Gasteiger partial charge in [0.2, 0.25) is 11.6 Å². The number of fused-ring (bicyclic) bond motifs is 2. The molecule has 0 aliphatic heterocycles. The summed E-state index contributed by atoms with van der Waals surface area (Å²) in [4.78, 5) is 26.6. The highest BCUT2D eigenvalue weighted by Gasteiger charge is 2.41. The van der Waals surface area contributed by atoms with E-state index in [0.717, 1.165) is 12.1 Å². The molecule has 0 saturated carbocycles. The van der Waals surface area contributed by atoms with Crippen LogP contribution in [0.1, 0.15) is 43.0 Å². The molecule has 0 radical (unpaired) electrons. The fourth-order valence-electron chi connectivity index (χ4n) is 4.19. The van der Waals surface area contributed by atoms with Crippen LogP contribution in [-0.4, -0.2) is 21.8 Å². The van der Waals surface area contributed by atoms with Crippen LogP contribution in [0.2, 0.25) is 0 Å². The van der Waals surface area contributed by atoms with Gasteiger partial charge in [0.05, 0.1) is 45.5 Å². The summed E-state index contributed by atoms with van der Waals surface area (Å²) in [5.41, 5.74) is -3.06. The van der Waals surface area contributed by atoms with Gasteiger partial charge in [0.1, 0.15) is 22.9 Å². The van der Waals surface area contributed by atoms with Crippen molar-refractivity contribution in [3.63, 3.8) is 0 Å². The maximum atomic E-state index is 16.1. The summed E-state index contributed by atoms with van der Waals surface area (Å²) in [7, 11) is 0. The number of nitrogens with one attached hydrogen (secondary N) is 2. The Hall–Kier alpha value is -5.74. The number of nitrogens with zero attached hydrogens (tertiary/aromatic N) is 2. The third-order valence-electron chi connectivity index (χ3n) is 6.01. The molecule has 0 saturated heterocycles. The van der Waals surface area contributed by atoms with Crippen molar-refractivity contribution in [2.24, 2.45) is 0 Å². The van der Waals surface area contributed by atoms with E-state index in [2.05, 4.69) is 10.6 Å². The molecule has 5 rings (SSSR count). The van der Waals surface area contributed by atoms with E-state index < -0.39 is 68.3 Å². The van der Waals surface area contributed by atoms with Crippen LogP contribution in [0.25, 0.3) is 0 Å². The van der Waals surface area contributed by atoms with Crippen molar-refractivity contribution >= 4 is 34.3 Å². The average Bonchev–Trinajstić information content (AvgIpc) is 2.93. The average molecular weight is 508 g/mol. The molecule has 0 aromatic heterocycles. The summed E-state index contributed by atoms with van der Waals surface area (Å²) in [5, 5.41) is 43.9. The lowest BCUT2D eigenvalue weighted by Gasteiger charge is -2.24. The van der Waals surface area contributed by atoms with Gasteiger partial charge in [0.15, 0.2) is 11.6 Å². The lowest BCUT2D eigenvalue weighted by atomic mass is 9.81. The first-order valence-electron chi connectivity index (χ1n) is 11.0. The molecule has 184 valence electrons. The van der Waals surface area contributed by atoms with Crippen molar-refractivity contribution in [1.29, 1.82) is 10.5 Å². The molecule has 4 N–H and O–H groups in total. The summed E-state index contributed by atoms with van der Waals surface area (Å²) in [6.07, 6.45) is 0. The highest BCUT2D eigenvalue weighted by atomic mass is 19.1. The summed E-state index contributed by atoms with van der Waals surface area (Å²) in [5.74, 6) is -6.30. The minimum Gasteiger partial charge on any atom is -0.507 e. The Morgan fingerprint density at radius 3 is 1.24 bits per heavy atom. The standard InChI is InChI=1S/C28H14F2N4O4/c29-23-21-22(28(38)20-18(36)10-9-17(35)19(20)27(21)37)24(30)26(34-16-7-3-14(12-32)4-8-16)25(23)33-15-5-1-13(11-31)2-6-15/h1-10,33-36H. The molecule has 4 aromatic rings.